The zero-order valence-electron chi connectivity index (χ0n) is 10.8. The van der Waals surface area contributed by atoms with E-state index in [2.05, 4.69) is 41.4 Å². The van der Waals surface area contributed by atoms with Gasteiger partial charge in [-0.05, 0) is 37.6 Å². The molecule has 0 bridgehead atoms. The van der Waals surface area contributed by atoms with Crippen LogP contribution in [0.15, 0.2) is 24.3 Å². The molecule has 1 fully saturated rings. The fourth-order valence-corrected chi connectivity index (χ4v) is 2.31. The normalized spacial score (nSPS) is 21.3. The zero-order valence-corrected chi connectivity index (χ0v) is 10.8. The van der Waals surface area contributed by atoms with E-state index >= 15 is 0 Å². The van der Waals surface area contributed by atoms with E-state index in [0.29, 0.717) is 12.6 Å². The molecule has 0 spiro atoms. The molecule has 1 aliphatic rings. The molecule has 2 rings (SSSR count). The highest BCUT2D eigenvalue weighted by atomic mass is 16.5. The molecular weight excluding hydrogens is 212 g/mol. The standard InChI is InChI=1S/C14H22N2O/c1-12-10-16(9-3-8-15-12)14-6-4-13(5-7-14)11-17-2/h4-7,12,15H,3,8-11H2,1-2H3. The molecule has 1 aromatic rings. The third-order valence-electron chi connectivity index (χ3n) is 3.20. The highest BCUT2D eigenvalue weighted by molar-refractivity contribution is 5.47. The Labute approximate surface area is 104 Å². The number of ether oxygens (including phenoxy) is 1. The predicted molar refractivity (Wildman–Crippen MR) is 71.4 cm³/mol. The van der Waals surface area contributed by atoms with Crippen LogP contribution in [-0.4, -0.2) is 32.8 Å². The van der Waals surface area contributed by atoms with Gasteiger partial charge in [0.1, 0.15) is 0 Å². The molecule has 0 saturated carbocycles. The molecule has 1 unspecified atom stereocenters. The summed E-state index contributed by atoms with van der Waals surface area (Å²) in [6.45, 7) is 6.29. The summed E-state index contributed by atoms with van der Waals surface area (Å²) in [4.78, 5) is 2.46. The van der Waals surface area contributed by atoms with E-state index in [-0.39, 0.29) is 0 Å². The summed E-state index contributed by atoms with van der Waals surface area (Å²) in [5.41, 5.74) is 2.55. The lowest BCUT2D eigenvalue weighted by Crippen LogP contribution is -2.35. The lowest BCUT2D eigenvalue weighted by atomic mass is 10.2. The van der Waals surface area contributed by atoms with Gasteiger partial charge in [-0.25, -0.2) is 0 Å². The molecule has 0 amide bonds. The number of anilines is 1. The predicted octanol–water partition coefficient (Wildman–Crippen LogP) is 2.02. The summed E-state index contributed by atoms with van der Waals surface area (Å²) in [5.74, 6) is 0. The number of nitrogens with one attached hydrogen (secondary N) is 1. The van der Waals surface area contributed by atoms with Gasteiger partial charge in [0.15, 0.2) is 0 Å². The Bertz CT molecular complexity index is 337. The summed E-state index contributed by atoms with van der Waals surface area (Å²) < 4.78 is 5.13. The maximum atomic E-state index is 5.13. The second-order valence-corrected chi connectivity index (χ2v) is 4.75. The first kappa shape index (κ1) is 12.4. The van der Waals surface area contributed by atoms with Crippen LogP contribution in [0.3, 0.4) is 0 Å². The Morgan fingerprint density at radius 2 is 2.12 bits per heavy atom. The SMILES string of the molecule is COCc1ccc(N2CCCNC(C)C2)cc1. The van der Waals surface area contributed by atoms with E-state index in [1.807, 2.05) is 0 Å². The molecule has 1 aromatic carbocycles. The largest absolute Gasteiger partial charge is 0.380 e. The van der Waals surface area contributed by atoms with Crippen LogP contribution in [0.1, 0.15) is 18.9 Å². The molecule has 1 saturated heterocycles. The van der Waals surface area contributed by atoms with E-state index in [9.17, 15) is 0 Å². The van der Waals surface area contributed by atoms with E-state index in [0.717, 1.165) is 19.6 Å². The fourth-order valence-electron chi connectivity index (χ4n) is 2.31. The Morgan fingerprint density at radius 1 is 1.35 bits per heavy atom. The molecule has 0 aromatic heterocycles. The van der Waals surface area contributed by atoms with Crippen molar-refractivity contribution >= 4 is 5.69 Å². The number of methoxy groups -OCH3 is 1. The third kappa shape index (κ3) is 3.45. The van der Waals surface area contributed by atoms with Crippen molar-refractivity contribution in [2.45, 2.75) is 26.0 Å². The van der Waals surface area contributed by atoms with Crippen molar-refractivity contribution in [1.82, 2.24) is 5.32 Å². The number of nitrogens with zero attached hydrogens (tertiary/aromatic N) is 1. The number of rotatable bonds is 3. The molecule has 1 aliphatic heterocycles. The first-order valence-corrected chi connectivity index (χ1v) is 6.36. The Morgan fingerprint density at radius 3 is 2.82 bits per heavy atom. The van der Waals surface area contributed by atoms with Gasteiger partial charge < -0.3 is 15.0 Å². The molecule has 1 heterocycles. The highest BCUT2D eigenvalue weighted by Gasteiger charge is 2.14. The van der Waals surface area contributed by atoms with Gasteiger partial charge in [0.05, 0.1) is 6.61 Å². The van der Waals surface area contributed by atoms with E-state index in [4.69, 9.17) is 4.74 Å². The van der Waals surface area contributed by atoms with Crippen LogP contribution in [0.4, 0.5) is 5.69 Å². The summed E-state index contributed by atoms with van der Waals surface area (Å²) in [6, 6.07) is 9.28. The Hall–Kier alpha value is -1.06. The molecule has 3 nitrogen and oxygen atoms in total. The van der Waals surface area contributed by atoms with E-state index in [1.165, 1.54) is 17.7 Å². The smallest absolute Gasteiger partial charge is 0.0713 e. The molecular formula is C14H22N2O. The molecule has 0 aliphatic carbocycles. The maximum Gasteiger partial charge on any atom is 0.0713 e. The first-order valence-electron chi connectivity index (χ1n) is 6.36. The van der Waals surface area contributed by atoms with Gasteiger partial charge in [-0.2, -0.15) is 0 Å². The Balaban J connectivity index is 2.04. The van der Waals surface area contributed by atoms with Gasteiger partial charge >= 0.3 is 0 Å². The minimum Gasteiger partial charge on any atom is -0.380 e. The van der Waals surface area contributed by atoms with Crippen molar-refractivity contribution in [2.75, 3.05) is 31.6 Å². The van der Waals surface area contributed by atoms with Crippen LogP contribution < -0.4 is 10.2 Å². The second kappa shape index (κ2) is 6.03. The van der Waals surface area contributed by atoms with Gasteiger partial charge in [-0.15, -0.1) is 0 Å². The summed E-state index contributed by atoms with van der Waals surface area (Å²) in [6.07, 6.45) is 1.21. The molecule has 17 heavy (non-hydrogen) atoms. The topological polar surface area (TPSA) is 24.5 Å². The minimum absolute atomic E-state index is 0.566. The summed E-state index contributed by atoms with van der Waals surface area (Å²) in [5, 5.41) is 3.51. The first-order chi connectivity index (χ1) is 8.29. The molecule has 3 heteroatoms. The monoisotopic (exact) mass is 234 g/mol. The second-order valence-electron chi connectivity index (χ2n) is 4.75. The highest BCUT2D eigenvalue weighted by Crippen LogP contribution is 2.17. The lowest BCUT2D eigenvalue weighted by Gasteiger charge is -2.25. The van der Waals surface area contributed by atoms with Gasteiger partial charge in [0.25, 0.3) is 0 Å². The van der Waals surface area contributed by atoms with Crippen LogP contribution in [0, 0.1) is 0 Å². The van der Waals surface area contributed by atoms with Crippen molar-refractivity contribution in [1.29, 1.82) is 0 Å². The number of hydrogen-bond donors (Lipinski definition) is 1. The van der Waals surface area contributed by atoms with Crippen molar-refractivity contribution in [3.63, 3.8) is 0 Å². The summed E-state index contributed by atoms with van der Waals surface area (Å²) >= 11 is 0. The molecule has 1 N–H and O–H groups in total. The minimum atomic E-state index is 0.566. The van der Waals surface area contributed by atoms with Gasteiger partial charge in [-0.1, -0.05) is 12.1 Å². The van der Waals surface area contributed by atoms with Crippen LogP contribution in [0.2, 0.25) is 0 Å². The van der Waals surface area contributed by atoms with Crippen LogP contribution in [0.25, 0.3) is 0 Å². The maximum absolute atomic E-state index is 5.13. The van der Waals surface area contributed by atoms with Gasteiger partial charge in [0, 0.05) is 31.9 Å². The van der Waals surface area contributed by atoms with Crippen LogP contribution in [0.5, 0.6) is 0 Å². The van der Waals surface area contributed by atoms with Crippen molar-refractivity contribution < 1.29 is 4.74 Å². The van der Waals surface area contributed by atoms with Crippen molar-refractivity contribution in [3.05, 3.63) is 29.8 Å². The molecule has 0 radical (unpaired) electrons. The molecule has 94 valence electrons. The van der Waals surface area contributed by atoms with Crippen LogP contribution in [-0.2, 0) is 11.3 Å². The van der Waals surface area contributed by atoms with Gasteiger partial charge in [-0.3, -0.25) is 0 Å². The van der Waals surface area contributed by atoms with E-state index in [1.54, 1.807) is 7.11 Å². The lowest BCUT2D eigenvalue weighted by molar-refractivity contribution is 0.185. The zero-order chi connectivity index (χ0) is 12.1. The average molecular weight is 234 g/mol. The van der Waals surface area contributed by atoms with E-state index < -0.39 is 0 Å². The van der Waals surface area contributed by atoms with Crippen LogP contribution >= 0.6 is 0 Å². The van der Waals surface area contributed by atoms with Gasteiger partial charge in [0.2, 0.25) is 0 Å². The van der Waals surface area contributed by atoms with Crippen molar-refractivity contribution in [2.24, 2.45) is 0 Å². The third-order valence-corrected chi connectivity index (χ3v) is 3.20. The number of benzene rings is 1. The molecule has 1 atom stereocenters. The quantitative estimate of drug-likeness (QED) is 0.866. The van der Waals surface area contributed by atoms with Crippen molar-refractivity contribution in [3.8, 4) is 0 Å². The summed E-state index contributed by atoms with van der Waals surface area (Å²) in [7, 11) is 1.73. The number of hydrogen-bond acceptors (Lipinski definition) is 3. The fraction of sp³-hybridized carbons (Fsp3) is 0.571. The Kier molecular flexibility index (Phi) is 4.40. The average Bonchev–Trinajstić information content (AvgIpc) is 2.55.